The first kappa shape index (κ1) is 17.6. The predicted octanol–water partition coefficient (Wildman–Crippen LogP) is 3.43. The zero-order valence-corrected chi connectivity index (χ0v) is 15.2. The van der Waals surface area contributed by atoms with E-state index in [0.29, 0.717) is 13.0 Å². The highest BCUT2D eigenvalue weighted by Gasteiger charge is 2.17. The number of aryl methyl sites for hydroxylation is 2. The summed E-state index contributed by atoms with van der Waals surface area (Å²) in [6, 6.07) is 20.5. The molecule has 25 heavy (non-hydrogen) atoms. The van der Waals surface area contributed by atoms with Crippen LogP contribution < -0.4 is 4.57 Å². The van der Waals surface area contributed by atoms with E-state index in [2.05, 4.69) is 41.0 Å². The Morgan fingerprint density at radius 3 is 2.40 bits per heavy atom. The van der Waals surface area contributed by atoms with Crippen LogP contribution in [-0.2, 0) is 16.7 Å². The van der Waals surface area contributed by atoms with E-state index in [-0.39, 0.29) is 0 Å². The first-order valence-corrected chi connectivity index (χ1v) is 9.77. The summed E-state index contributed by atoms with van der Waals surface area (Å²) in [5.74, 6) is 0. The van der Waals surface area contributed by atoms with Crippen LogP contribution in [0.25, 0.3) is 22.0 Å². The van der Waals surface area contributed by atoms with Crippen molar-refractivity contribution >= 4 is 21.0 Å². The van der Waals surface area contributed by atoms with Crippen molar-refractivity contribution in [3.05, 3.63) is 66.4 Å². The lowest BCUT2D eigenvalue weighted by Gasteiger charge is -2.15. The third-order valence-electron chi connectivity index (χ3n) is 4.61. The van der Waals surface area contributed by atoms with Crippen molar-refractivity contribution in [1.29, 1.82) is 0 Å². The van der Waals surface area contributed by atoms with Gasteiger partial charge < -0.3 is 4.55 Å². The molecule has 0 saturated carbocycles. The van der Waals surface area contributed by atoms with Crippen molar-refractivity contribution in [2.45, 2.75) is 32.1 Å². The van der Waals surface area contributed by atoms with E-state index in [1.54, 1.807) is 0 Å². The molecule has 0 fully saturated rings. The Labute approximate surface area is 148 Å². The van der Waals surface area contributed by atoms with E-state index in [9.17, 15) is 13.0 Å². The van der Waals surface area contributed by atoms with Crippen LogP contribution in [0.5, 0.6) is 0 Å². The van der Waals surface area contributed by atoms with Crippen molar-refractivity contribution in [3.63, 3.8) is 0 Å². The summed E-state index contributed by atoms with van der Waals surface area (Å²) in [7, 11) is -4.25. The normalized spacial score (nSPS) is 13.1. The summed E-state index contributed by atoms with van der Waals surface area (Å²) in [6.07, 6.45) is 0.302. The monoisotopic (exact) mass is 355 g/mol. The highest BCUT2D eigenvalue weighted by Crippen LogP contribution is 2.23. The Balaban J connectivity index is 1.97. The average molecular weight is 355 g/mol. The van der Waals surface area contributed by atoms with Gasteiger partial charge in [0.1, 0.15) is 0 Å². The summed E-state index contributed by atoms with van der Waals surface area (Å²) in [5.41, 5.74) is 4.37. The summed E-state index contributed by atoms with van der Waals surface area (Å²) in [4.78, 5) is 0. The molecule has 3 aromatic rings. The molecule has 0 saturated heterocycles. The van der Waals surface area contributed by atoms with Crippen LogP contribution in [0, 0.1) is 6.92 Å². The van der Waals surface area contributed by atoms with Crippen LogP contribution in [0.3, 0.4) is 0 Å². The lowest BCUT2D eigenvalue weighted by Crippen LogP contribution is -2.40. The second-order valence-corrected chi connectivity index (χ2v) is 8.15. The highest BCUT2D eigenvalue weighted by atomic mass is 32.2. The van der Waals surface area contributed by atoms with Gasteiger partial charge in [0, 0.05) is 30.9 Å². The van der Waals surface area contributed by atoms with Crippen molar-refractivity contribution in [3.8, 4) is 11.1 Å². The maximum atomic E-state index is 11.1. The fraction of sp³-hybridized carbons (Fsp3) is 0.250. The molecular weight excluding hydrogens is 334 g/mol. The van der Waals surface area contributed by atoms with Gasteiger partial charge in [0.2, 0.25) is 5.52 Å². The van der Waals surface area contributed by atoms with Gasteiger partial charge in [0.15, 0.2) is 12.2 Å². The van der Waals surface area contributed by atoms with Gasteiger partial charge in [-0.3, -0.25) is 0 Å². The topological polar surface area (TPSA) is 61.1 Å². The zero-order valence-electron chi connectivity index (χ0n) is 14.3. The van der Waals surface area contributed by atoms with Crippen LogP contribution in [-0.4, -0.2) is 18.2 Å². The van der Waals surface area contributed by atoms with Gasteiger partial charge in [-0.15, -0.1) is 0 Å². The predicted molar refractivity (Wildman–Crippen MR) is 98.1 cm³/mol. The van der Waals surface area contributed by atoms with Crippen molar-refractivity contribution in [2.75, 3.05) is 0 Å². The number of benzene rings is 2. The van der Waals surface area contributed by atoms with Gasteiger partial charge in [-0.1, -0.05) is 30.3 Å². The first-order chi connectivity index (χ1) is 11.9. The summed E-state index contributed by atoms with van der Waals surface area (Å²) < 4.78 is 35.5. The molecule has 130 valence electrons. The van der Waals surface area contributed by atoms with E-state index >= 15 is 0 Å². The standard InChI is InChI=1S/C20H21NO3S/c1-15-8-9-19-14-18(17-6-4-3-5-7-17)10-11-20(19)21(15)13-12-16(2)25(22,23)24/h3-11,14,16H,12-13H2,1-2H3. The molecule has 2 aromatic carbocycles. The fourth-order valence-corrected chi connectivity index (χ4v) is 3.38. The van der Waals surface area contributed by atoms with Crippen LogP contribution in [0.1, 0.15) is 19.0 Å². The van der Waals surface area contributed by atoms with Crippen LogP contribution in [0.2, 0.25) is 0 Å². The Morgan fingerprint density at radius 2 is 1.72 bits per heavy atom. The molecule has 1 heterocycles. The second-order valence-electron chi connectivity index (χ2n) is 6.36. The zero-order chi connectivity index (χ0) is 18.0. The quantitative estimate of drug-likeness (QED) is 0.520. The van der Waals surface area contributed by atoms with E-state index in [4.69, 9.17) is 0 Å². The third-order valence-corrected chi connectivity index (χ3v) is 5.83. The Kier molecular flexibility index (Phi) is 4.88. The second kappa shape index (κ2) is 6.94. The lowest BCUT2D eigenvalue weighted by atomic mass is 10.0. The van der Waals surface area contributed by atoms with Crippen molar-refractivity contribution < 1.29 is 17.5 Å². The molecule has 5 heteroatoms. The van der Waals surface area contributed by atoms with Crippen molar-refractivity contribution in [2.24, 2.45) is 0 Å². The van der Waals surface area contributed by atoms with Gasteiger partial charge in [0.05, 0.1) is 15.4 Å². The molecule has 1 aromatic heterocycles. The molecule has 0 aliphatic heterocycles. The molecule has 0 aliphatic rings. The molecule has 0 bridgehead atoms. The number of aromatic nitrogens is 1. The van der Waals surface area contributed by atoms with E-state index in [1.807, 2.05) is 31.2 Å². The Hall–Kier alpha value is -2.24. The molecule has 0 amide bonds. The Morgan fingerprint density at radius 1 is 1.00 bits per heavy atom. The number of fused-ring (bicyclic) bond motifs is 1. The van der Waals surface area contributed by atoms with Gasteiger partial charge in [-0.05, 0) is 36.2 Å². The number of hydrogen-bond donors (Lipinski definition) is 0. The third kappa shape index (κ3) is 3.89. The lowest BCUT2D eigenvalue weighted by molar-refractivity contribution is -0.677. The maximum absolute atomic E-state index is 11.1. The number of rotatable bonds is 5. The van der Waals surface area contributed by atoms with Gasteiger partial charge in [-0.25, -0.2) is 8.42 Å². The van der Waals surface area contributed by atoms with Crippen LogP contribution in [0.4, 0.5) is 0 Å². The maximum Gasteiger partial charge on any atom is 0.212 e. The van der Waals surface area contributed by atoms with E-state index in [1.165, 1.54) is 6.92 Å². The first-order valence-electron chi connectivity index (χ1n) is 8.29. The highest BCUT2D eigenvalue weighted by molar-refractivity contribution is 7.86. The summed E-state index contributed by atoms with van der Waals surface area (Å²) in [6.45, 7) is 3.95. The average Bonchev–Trinajstić information content (AvgIpc) is 2.60. The molecule has 3 rings (SSSR count). The summed E-state index contributed by atoms with van der Waals surface area (Å²) >= 11 is 0. The van der Waals surface area contributed by atoms with Gasteiger partial charge in [-0.2, -0.15) is 4.57 Å². The Bertz CT molecular complexity index is 998. The number of hydrogen-bond acceptors (Lipinski definition) is 3. The summed E-state index contributed by atoms with van der Waals surface area (Å²) in [5, 5.41) is 0.197. The smallest absolute Gasteiger partial charge is 0.212 e. The molecule has 0 aliphatic carbocycles. The molecule has 0 radical (unpaired) electrons. The fourth-order valence-electron chi connectivity index (χ4n) is 2.99. The minimum Gasteiger partial charge on any atom is -0.748 e. The number of pyridine rings is 1. The molecular formula is C20H21NO3S. The molecule has 1 unspecified atom stereocenters. The molecule has 1 atom stereocenters. The molecule has 0 spiro atoms. The largest absolute Gasteiger partial charge is 0.748 e. The number of nitrogens with zero attached hydrogens (tertiary/aromatic N) is 1. The van der Waals surface area contributed by atoms with E-state index in [0.717, 1.165) is 27.7 Å². The minimum atomic E-state index is -4.25. The van der Waals surface area contributed by atoms with Crippen LogP contribution in [0.15, 0.2) is 60.7 Å². The van der Waals surface area contributed by atoms with Crippen LogP contribution >= 0.6 is 0 Å². The van der Waals surface area contributed by atoms with E-state index < -0.39 is 15.4 Å². The van der Waals surface area contributed by atoms with Gasteiger partial charge in [0.25, 0.3) is 0 Å². The van der Waals surface area contributed by atoms with Gasteiger partial charge >= 0.3 is 0 Å². The van der Waals surface area contributed by atoms with Crippen molar-refractivity contribution in [1.82, 2.24) is 0 Å². The minimum absolute atomic E-state index is 0.302. The molecule has 0 N–H and O–H groups in total. The molecule has 4 nitrogen and oxygen atoms in total. The SMILES string of the molecule is Cc1ccc2cc(-c3ccccc3)ccc2[n+]1CCC(C)S(=O)(=O)[O-].